The number of rotatable bonds is 15. The van der Waals surface area contributed by atoms with E-state index >= 15 is 0 Å². The first-order valence-electron chi connectivity index (χ1n) is 17.9. The fourth-order valence-electron chi connectivity index (χ4n) is 6.46. The number of sulfonamides is 1. The zero-order valence-electron chi connectivity index (χ0n) is 30.1. The summed E-state index contributed by atoms with van der Waals surface area (Å²) in [4.78, 5) is 15.9. The highest BCUT2D eigenvalue weighted by Crippen LogP contribution is 2.38. The van der Waals surface area contributed by atoms with Crippen LogP contribution in [0.25, 0.3) is 0 Å². The largest absolute Gasteiger partial charge is 0.392 e. The molecule has 1 amide bonds. The van der Waals surface area contributed by atoms with Crippen LogP contribution < -0.4 is 10.0 Å². The van der Waals surface area contributed by atoms with Gasteiger partial charge in [-0.25, -0.2) is 8.42 Å². The van der Waals surface area contributed by atoms with Crippen molar-refractivity contribution in [3.05, 3.63) is 172 Å². The summed E-state index contributed by atoms with van der Waals surface area (Å²) in [6.07, 6.45) is -0.0548. The number of nitrogens with zero attached hydrogens (tertiary/aromatic N) is 1. The van der Waals surface area contributed by atoms with E-state index in [-0.39, 0.29) is 36.7 Å². The third-order valence-electron chi connectivity index (χ3n) is 9.37. The minimum absolute atomic E-state index is 0.0199. The summed E-state index contributed by atoms with van der Waals surface area (Å²) in [5.74, 6) is -0.426. The molecule has 6 rings (SSSR count). The number of likely N-dealkylation sites (N-methyl/N-ethyl adjacent to an activating group) is 1. The van der Waals surface area contributed by atoms with Crippen LogP contribution in [-0.2, 0) is 50.4 Å². The third-order valence-corrected chi connectivity index (χ3v) is 10.9. The van der Waals surface area contributed by atoms with Crippen molar-refractivity contribution in [3.8, 4) is 0 Å². The Morgan fingerprint density at radius 1 is 0.774 bits per heavy atom. The molecule has 0 aromatic heterocycles. The van der Waals surface area contributed by atoms with Crippen LogP contribution >= 0.6 is 0 Å². The molecule has 9 nitrogen and oxygen atoms in total. The second-order valence-corrected chi connectivity index (χ2v) is 15.4. The van der Waals surface area contributed by atoms with Gasteiger partial charge >= 0.3 is 0 Å². The van der Waals surface area contributed by atoms with Crippen LogP contribution in [0.1, 0.15) is 57.8 Å². The number of aliphatic hydroxyl groups is 1. The molecule has 0 spiro atoms. The molecule has 276 valence electrons. The molecule has 10 heteroatoms. The van der Waals surface area contributed by atoms with Crippen molar-refractivity contribution in [2.75, 3.05) is 13.6 Å². The molecule has 53 heavy (non-hydrogen) atoms. The topological polar surface area (TPSA) is 117 Å². The second kappa shape index (κ2) is 17.9. The molecule has 0 bridgehead atoms. The van der Waals surface area contributed by atoms with Gasteiger partial charge in [0.1, 0.15) is 6.04 Å². The molecule has 3 N–H and O–H groups in total. The maximum atomic E-state index is 13.6. The van der Waals surface area contributed by atoms with E-state index in [0.717, 1.165) is 39.9 Å². The van der Waals surface area contributed by atoms with E-state index in [9.17, 15) is 18.3 Å². The van der Waals surface area contributed by atoms with Gasteiger partial charge in [0.15, 0.2) is 6.29 Å². The fraction of sp³-hybridized carbons (Fsp3) is 0.279. The van der Waals surface area contributed by atoms with E-state index in [4.69, 9.17) is 9.47 Å². The zero-order chi connectivity index (χ0) is 37.2. The Labute approximate surface area is 312 Å². The van der Waals surface area contributed by atoms with Crippen molar-refractivity contribution in [1.29, 1.82) is 0 Å². The lowest BCUT2D eigenvalue weighted by Gasteiger charge is -2.38. The standard InChI is InChI=1S/C43H47N3O6S/c1-31-13-23-39(24-14-31)53(49,50)45-40(25-32-9-5-3-6-10-32)42(48)44-27-33-15-21-37(22-16-33)43-51-38(29-46(2)28-34-11-7-4-8-12-34)26-41(52-43)36-19-17-35(30-47)18-20-36/h3-24,38,40-41,43,45,47H,25-30H2,1-2H3,(H,44,48). The summed E-state index contributed by atoms with van der Waals surface area (Å²) < 4.78 is 42.3. The van der Waals surface area contributed by atoms with E-state index in [1.54, 1.807) is 12.1 Å². The quantitative estimate of drug-likeness (QED) is 0.115. The molecule has 1 aliphatic rings. The lowest BCUT2D eigenvalue weighted by molar-refractivity contribution is -0.252. The van der Waals surface area contributed by atoms with E-state index < -0.39 is 28.3 Å². The number of hydrogen-bond donors (Lipinski definition) is 3. The average molecular weight is 734 g/mol. The Kier molecular flexibility index (Phi) is 12.9. The Balaban J connectivity index is 1.13. The van der Waals surface area contributed by atoms with E-state index in [1.165, 1.54) is 17.7 Å². The minimum Gasteiger partial charge on any atom is -0.392 e. The van der Waals surface area contributed by atoms with E-state index in [1.807, 2.05) is 104 Å². The fourth-order valence-corrected chi connectivity index (χ4v) is 7.65. The predicted molar refractivity (Wildman–Crippen MR) is 205 cm³/mol. The molecule has 0 aliphatic carbocycles. The molecule has 1 heterocycles. The normalized spacial score (nSPS) is 18.1. The Morgan fingerprint density at radius 2 is 1.38 bits per heavy atom. The molecule has 4 unspecified atom stereocenters. The average Bonchev–Trinajstić information content (AvgIpc) is 3.17. The van der Waals surface area contributed by atoms with Gasteiger partial charge < -0.3 is 19.9 Å². The van der Waals surface area contributed by atoms with Gasteiger partial charge in [-0.2, -0.15) is 4.72 Å². The lowest BCUT2D eigenvalue weighted by Crippen LogP contribution is -2.47. The summed E-state index contributed by atoms with van der Waals surface area (Å²) in [6, 6.07) is 40.7. The van der Waals surface area contributed by atoms with Gasteiger partial charge in [0.25, 0.3) is 0 Å². The number of carbonyl (C=O) groups is 1. The van der Waals surface area contributed by atoms with Gasteiger partial charge in [-0.15, -0.1) is 0 Å². The van der Waals surface area contributed by atoms with Crippen LogP contribution in [0.5, 0.6) is 0 Å². The van der Waals surface area contributed by atoms with Gasteiger partial charge in [0, 0.05) is 31.6 Å². The van der Waals surface area contributed by atoms with Crippen LogP contribution in [0.4, 0.5) is 0 Å². The molecule has 5 aromatic carbocycles. The Morgan fingerprint density at radius 3 is 2.02 bits per heavy atom. The van der Waals surface area contributed by atoms with Crippen molar-refractivity contribution >= 4 is 15.9 Å². The van der Waals surface area contributed by atoms with Crippen molar-refractivity contribution < 1.29 is 27.8 Å². The molecule has 1 aliphatic heterocycles. The summed E-state index contributed by atoms with van der Waals surface area (Å²) in [5.41, 5.74) is 6.56. The lowest BCUT2D eigenvalue weighted by atomic mass is 9.99. The zero-order valence-corrected chi connectivity index (χ0v) is 30.9. The minimum atomic E-state index is -3.95. The van der Waals surface area contributed by atoms with Gasteiger partial charge in [-0.1, -0.05) is 127 Å². The summed E-state index contributed by atoms with van der Waals surface area (Å²) in [6.45, 7) is 3.57. The maximum Gasteiger partial charge on any atom is 0.241 e. The van der Waals surface area contributed by atoms with Crippen molar-refractivity contribution in [2.24, 2.45) is 0 Å². The number of carbonyl (C=O) groups excluding carboxylic acids is 1. The number of aryl methyl sites for hydroxylation is 1. The first-order valence-corrected chi connectivity index (χ1v) is 19.4. The predicted octanol–water partition coefficient (Wildman–Crippen LogP) is 6.37. The van der Waals surface area contributed by atoms with Crippen LogP contribution in [0.3, 0.4) is 0 Å². The van der Waals surface area contributed by atoms with Crippen LogP contribution in [0.15, 0.2) is 138 Å². The Hall–Kier alpha value is -4.68. The molecule has 4 atom stereocenters. The molecular formula is C43H47N3O6S. The smallest absolute Gasteiger partial charge is 0.241 e. The summed E-state index contributed by atoms with van der Waals surface area (Å²) >= 11 is 0. The van der Waals surface area contributed by atoms with Gasteiger partial charge in [-0.3, -0.25) is 9.69 Å². The SMILES string of the molecule is Cc1ccc(S(=O)(=O)NC(Cc2ccccc2)C(=O)NCc2ccc(C3OC(CN(C)Cc4ccccc4)CC(c4ccc(CO)cc4)O3)cc2)cc1. The van der Waals surface area contributed by atoms with Gasteiger partial charge in [0.05, 0.1) is 23.7 Å². The van der Waals surface area contributed by atoms with E-state index in [2.05, 4.69) is 34.1 Å². The third kappa shape index (κ3) is 10.7. The molecule has 1 fully saturated rings. The molecule has 1 saturated heterocycles. The van der Waals surface area contributed by atoms with E-state index in [0.29, 0.717) is 13.0 Å². The highest BCUT2D eigenvalue weighted by atomic mass is 32.2. The molecule has 0 radical (unpaired) electrons. The van der Waals surface area contributed by atoms with Crippen LogP contribution in [0.2, 0.25) is 0 Å². The highest BCUT2D eigenvalue weighted by molar-refractivity contribution is 7.89. The van der Waals surface area contributed by atoms with Crippen molar-refractivity contribution in [2.45, 2.75) is 68.9 Å². The van der Waals surface area contributed by atoms with Crippen molar-refractivity contribution in [1.82, 2.24) is 14.9 Å². The Bertz CT molecular complexity index is 2010. The molecular weight excluding hydrogens is 687 g/mol. The first kappa shape index (κ1) is 38.1. The maximum absolute atomic E-state index is 13.6. The van der Waals surface area contributed by atoms with Crippen LogP contribution in [-0.4, -0.2) is 50.1 Å². The number of amides is 1. The van der Waals surface area contributed by atoms with Crippen molar-refractivity contribution in [3.63, 3.8) is 0 Å². The summed E-state index contributed by atoms with van der Waals surface area (Å²) in [5, 5.41) is 12.5. The number of aliphatic hydroxyl groups excluding tert-OH is 1. The monoisotopic (exact) mass is 733 g/mol. The molecule has 0 saturated carbocycles. The number of hydrogen-bond acceptors (Lipinski definition) is 7. The second-order valence-electron chi connectivity index (χ2n) is 13.7. The number of nitrogens with one attached hydrogen (secondary N) is 2. The summed E-state index contributed by atoms with van der Waals surface area (Å²) in [7, 11) is -1.86. The highest BCUT2D eigenvalue weighted by Gasteiger charge is 2.33. The van der Waals surface area contributed by atoms with Crippen LogP contribution in [0, 0.1) is 6.92 Å². The number of benzene rings is 5. The van der Waals surface area contributed by atoms with Gasteiger partial charge in [0.2, 0.25) is 15.9 Å². The molecule has 5 aromatic rings. The van der Waals surface area contributed by atoms with Gasteiger partial charge in [-0.05, 0) is 60.3 Å². The number of ether oxygens (including phenoxy) is 2. The first-order chi connectivity index (χ1) is 25.6.